The normalized spacial score (nSPS) is 18.3. The van der Waals surface area contributed by atoms with Crippen LogP contribution in [0.3, 0.4) is 0 Å². The van der Waals surface area contributed by atoms with Gasteiger partial charge in [-0.15, -0.1) is 0 Å². The zero-order valence-corrected chi connectivity index (χ0v) is 16.9. The van der Waals surface area contributed by atoms with E-state index in [1.807, 2.05) is 42.6 Å². The number of pyridine rings is 1. The van der Waals surface area contributed by atoms with Gasteiger partial charge in [-0.25, -0.2) is 4.98 Å². The standard InChI is InChI=1S/C23H24N6O/c1-2-18-13-25-23(26-18)17-10-16(11-17)20-12-21(29-28-20)27-22(30)9-14-5-6-19-15(8-14)4-3-7-24-19/h3-8,12-13,16-17H,2,9-11H2,1H3,(H,25,26)(H2,27,28,29,30). The van der Waals surface area contributed by atoms with E-state index in [9.17, 15) is 4.79 Å². The number of H-pyrrole nitrogens is 2. The van der Waals surface area contributed by atoms with E-state index >= 15 is 0 Å². The largest absolute Gasteiger partial charge is 0.346 e. The molecular formula is C23H24N6O. The molecule has 0 aliphatic heterocycles. The number of benzene rings is 1. The minimum Gasteiger partial charge on any atom is -0.346 e. The number of fused-ring (bicyclic) bond motifs is 1. The van der Waals surface area contributed by atoms with Crippen LogP contribution in [-0.4, -0.2) is 31.1 Å². The highest BCUT2D eigenvalue weighted by Gasteiger charge is 2.34. The number of nitrogens with zero attached hydrogens (tertiary/aromatic N) is 3. The number of hydrogen-bond donors (Lipinski definition) is 3. The van der Waals surface area contributed by atoms with Crippen LogP contribution in [0.25, 0.3) is 10.9 Å². The van der Waals surface area contributed by atoms with E-state index in [0.717, 1.165) is 47.2 Å². The number of aromatic amines is 2. The van der Waals surface area contributed by atoms with E-state index in [0.29, 0.717) is 24.1 Å². The number of carbonyl (C=O) groups is 1. The lowest BCUT2D eigenvalue weighted by Crippen LogP contribution is -2.21. The Labute approximate surface area is 174 Å². The van der Waals surface area contributed by atoms with Gasteiger partial charge < -0.3 is 10.3 Å². The second kappa shape index (κ2) is 7.74. The Balaban J connectivity index is 1.17. The number of aryl methyl sites for hydroxylation is 1. The van der Waals surface area contributed by atoms with E-state index in [1.54, 1.807) is 6.20 Å². The number of carbonyl (C=O) groups excluding carboxylic acids is 1. The van der Waals surface area contributed by atoms with E-state index in [4.69, 9.17) is 0 Å². The molecule has 0 bridgehead atoms. The summed E-state index contributed by atoms with van der Waals surface area (Å²) >= 11 is 0. The lowest BCUT2D eigenvalue weighted by molar-refractivity contribution is -0.115. The number of rotatable bonds is 6. The molecule has 1 aromatic carbocycles. The van der Waals surface area contributed by atoms with Gasteiger partial charge >= 0.3 is 0 Å². The second-order valence-electron chi connectivity index (χ2n) is 7.98. The first kappa shape index (κ1) is 18.5. The highest BCUT2D eigenvalue weighted by molar-refractivity contribution is 5.92. The van der Waals surface area contributed by atoms with Crippen molar-refractivity contribution in [2.45, 2.75) is 44.4 Å². The molecule has 3 heterocycles. The van der Waals surface area contributed by atoms with E-state index in [2.05, 4.69) is 37.4 Å². The molecule has 0 unspecified atom stereocenters. The van der Waals surface area contributed by atoms with Gasteiger partial charge in [-0.05, 0) is 43.0 Å². The number of amides is 1. The Bertz CT molecular complexity index is 1190. The van der Waals surface area contributed by atoms with Crippen LogP contribution in [0.5, 0.6) is 0 Å². The molecule has 30 heavy (non-hydrogen) atoms. The molecule has 7 heteroatoms. The topological polar surface area (TPSA) is 99.3 Å². The molecule has 1 fully saturated rings. The van der Waals surface area contributed by atoms with Crippen molar-refractivity contribution in [1.29, 1.82) is 0 Å². The number of hydrogen-bond acceptors (Lipinski definition) is 4. The lowest BCUT2D eigenvalue weighted by Gasteiger charge is -2.33. The molecule has 0 radical (unpaired) electrons. The van der Waals surface area contributed by atoms with Crippen LogP contribution < -0.4 is 5.32 Å². The van der Waals surface area contributed by atoms with Crippen molar-refractivity contribution in [3.63, 3.8) is 0 Å². The molecule has 0 spiro atoms. The van der Waals surface area contributed by atoms with E-state index < -0.39 is 0 Å². The van der Waals surface area contributed by atoms with Gasteiger partial charge in [0.05, 0.1) is 11.9 Å². The summed E-state index contributed by atoms with van der Waals surface area (Å²) < 4.78 is 0. The van der Waals surface area contributed by atoms with Gasteiger partial charge in [-0.1, -0.05) is 19.1 Å². The lowest BCUT2D eigenvalue weighted by atomic mass is 9.73. The maximum atomic E-state index is 12.5. The zero-order valence-electron chi connectivity index (χ0n) is 16.9. The molecule has 4 aromatic rings. The van der Waals surface area contributed by atoms with Crippen LogP contribution >= 0.6 is 0 Å². The number of aromatic nitrogens is 5. The van der Waals surface area contributed by atoms with E-state index in [-0.39, 0.29) is 5.91 Å². The first-order valence-corrected chi connectivity index (χ1v) is 10.4. The third kappa shape index (κ3) is 3.70. The van der Waals surface area contributed by atoms with Gasteiger partial charge in [0.1, 0.15) is 5.82 Å². The Morgan fingerprint density at radius 1 is 1.17 bits per heavy atom. The Morgan fingerprint density at radius 2 is 2.07 bits per heavy atom. The predicted molar refractivity (Wildman–Crippen MR) is 115 cm³/mol. The minimum atomic E-state index is -0.0783. The average molecular weight is 400 g/mol. The summed E-state index contributed by atoms with van der Waals surface area (Å²) in [7, 11) is 0. The summed E-state index contributed by atoms with van der Waals surface area (Å²) in [4.78, 5) is 24.7. The first-order valence-electron chi connectivity index (χ1n) is 10.4. The van der Waals surface area contributed by atoms with Crippen LogP contribution in [0.15, 0.2) is 48.8 Å². The van der Waals surface area contributed by atoms with Crippen molar-refractivity contribution in [1.82, 2.24) is 25.1 Å². The maximum Gasteiger partial charge on any atom is 0.229 e. The maximum absolute atomic E-state index is 12.5. The monoisotopic (exact) mass is 400 g/mol. The van der Waals surface area contributed by atoms with Gasteiger partial charge in [0, 0.05) is 47.1 Å². The molecule has 1 saturated carbocycles. The van der Waals surface area contributed by atoms with Crippen molar-refractivity contribution in [3.05, 3.63) is 71.6 Å². The van der Waals surface area contributed by atoms with Crippen molar-refractivity contribution in [2.75, 3.05) is 5.32 Å². The molecule has 1 amide bonds. The molecule has 0 saturated heterocycles. The second-order valence-corrected chi connectivity index (χ2v) is 7.98. The molecular weight excluding hydrogens is 376 g/mol. The SMILES string of the molecule is CCc1cnc(C2CC(c3cc(NC(=O)Cc4ccc5ncccc5c4)n[nH]3)C2)[nH]1. The summed E-state index contributed by atoms with van der Waals surface area (Å²) in [5.74, 6) is 2.48. The van der Waals surface area contributed by atoms with Crippen LogP contribution in [0.4, 0.5) is 5.82 Å². The quantitative estimate of drug-likeness (QED) is 0.454. The molecule has 3 aromatic heterocycles. The molecule has 5 rings (SSSR count). The first-order chi connectivity index (χ1) is 14.7. The molecule has 1 aliphatic carbocycles. The third-order valence-corrected chi connectivity index (χ3v) is 5.89. The molecule has 0 atom stereocenters. The van der Waals surface area contributed by atoms with Crippen molar-refractivity contribution >= 4 is 22.6 Å². The highest BCUT2D eigenvalue weighted by atomic mass is 16.1. The van der Waals surface area contributed by atoms with Crippen LogP contribution in [0.2, 0.25) is 0 Å². The fourth-order valence-corrected chi connectivity index (χ4v) is 4.08. The molecule has 3 N–H and O–H groups in total. The Kier molecular flexibility index (Phi) is 4.78. The van der Waals surface area contributed by atoms with Gasteiger partial charge in [-0.2, -0.15) is 5.10 Å². The van der Waals surface area contributed by atoms with Crippen LogP contribution in [0, 0.1) is 0 Å². The third-order valence-electron chi connectivity index (χ3n) is 5.89. The molecule has 7 nitrogen and oxygen atoms in total. The highest BCUT2D eigenvalue weighted by Crippen LogP contribution is 2.46. The fraction of sp³-hybridized carbons (Fsp3) is 0.304. The van der Waals surface area contributed by atoms with Crippen molar-refractivity contribution in [2.24, 2.45) is 0 Å². The smallest absolute Gasteiger partial charge is 0.229 e. The predicted octanol–water partition coefficient (Wildman–Crippen LogP) is 4.09. The molecule has 1 aliphatic rings. The number of nitrogens with one attached hydrogen (secondary N) is 3. The average Bonchev–Trinajstić information content (AvgIpc) is 3.37. The summed E-state index contributed by atoms with van der Waals surface area (Å²) in [5, 5.41) is 11.3. The van der Waals surface area contributed by atoms with Gasteiger partial charge in [0.2, 0.25) is 5.91 Å². The van der Waals surface area contributed by atoms with Gasteiger partial charge in [-0.3, -0.25) is 14.9 Å². The van der Waals surface area contributed by atoms with Crippen molar-refractivity contribution < 1.29 is 4.79 Å². The summed E-state index contributed by atoms with van der Waals surface area (Å²) in [6.45, 7) is 2.12. The summed E-state index contributed by atoms with van der Waals surface area (Å²) in [6.07, 6.45) is 7.05. The summed E-state index contributed by atoms with van der Waals surface area (Å²) in [5.41, 5.74) is 4.14. The number of imidazole rings is 1. The minimum absolute atomic E-state index is 0.0783. The van der Waals surface area contributed by atoms with Crippen LogP contribution in [-0.2, 0) is 17.6 Å². The number of anilines is 1. The van der Waals surface area contributed by atoms with Crippen LogP contribution in [0.1, 0.15) is 54.4 Å². The van der Waals surface area contributed by atoms with E-state index in [1.165, 1.54) is 5.69 Å². The van der Waals surface area contributed by atoms with Crippen molar-refractivity contribution in [3.8, 4) is 0 Å². The Hall–Kier alpha value is -3.48. The molecule has 152 valence electrons. The zero-order chi connectivity index (χ0) is 20.5. The Morgan fingerprint density at radius 3 is 2.90 bits per heavy atom. The van der Waals surface area contributed by atoms with Gasteiger partial charge in [0.15, 0.2) is 5.82 Å². The summed E-state index contributed by atoms with van der Waals surface area (Å²) in [6, 6.07) is 11.7. The van der Waals surface area contributed by atoms with Gasteiger partial charge in [0.25, 0.3) is 0 Å². The fourth-order valence-electron chi connectivity index (χ4n) is 4.08.